The minimum absolute atomic E-state index is 0.366. The van der Waals surface area contributed by atoms with Gasteiger partial charge in [-0.15, -0.1) is 0 Å². The normalized spacial score (nSPS) is 33.6. The van der Waals surface area contributed by atoms with Gasteiger partial charge < -0.3 is 10.2 Å². The first-order chi connectivity index (χ1) is 4.68. The predicted octanol–water partition coefficient (Wildman–Crippen LogP) is 0.248. The zero-order valence-electron chi connectivity index (χ0n) is 6.60. The van der Waals surface area contributed by atoms with Gasteiger partial charge in [-0.3, -0.25) is 0 Å². The van der Waals surface area contributed by atoms with Crippen LogP contribution in [-0.2, 0) is 0 Å². The second-order valence-electron chi connectivity index (χ2n) is 3.20. The quantitative estimate of drug-likeness (QED) is 0.600. The summed E-state index contributed by atoms with van der Waals surface area (Å²) in [4.78, 5) is 2.08. The van der Waals surface area contributed by atoms with E-state index in [9.17, 15) is 4.39 Å². The third kappa shape index (κ3) is 2.23. The van der Waals surface area contributed by atoms with Gasteiger partial charge in [0.25, 0.3) is 0 Å². The molecule has 1 aliphatic rings. The molecule has 0 unspecified atom stereocenters. The molecule has 1 heterocycles. The number of nitrogens with one attached hydrogen (secondary N) is 1. The fourth-order valence-corrected chi connectivity index (χ4v) is 1.35. The van der Waals surface area contributed by atoms with Gasteiger partial charge in [0.15, 0.2) is 0 Å². The summed E-state index contributed by atoms with van der Waals surface area (Å²) >= 11 is 0. The first-order valence-corrected chi connectivity index (χ1v) is 3.70. The maximum Gasteiger partial charge on any atom is 0.114 e. The van der Waals surface area contributed by atoms with Crippen molar-refractivity contribution in [3.63, 3.8) is 0 Å². The van der Waals surface area contributed by atoms with Crippen LogP contribution in [0.5, 0.6) is 0 Å². The molecule has 0 aliphatic carbocycles. The van der Waals surface area contributed by atoms with Crippen LogP contribution in [0.2, 0.25) is 0 Å². The van der Waals surface area contributed by atoms with E-state index in [1.54, 1.807) is 0 Å². The summed E-state index contributed by atoms with van der Waals surface area (Å²) in [5.41, 5.74) is 0. The number of nitrogens with zero attached hydrogens (tertiary/aromatic N) is 1. The van der Waals surface area contributed by atoms with E-state index in [1.807, 2.05) is 14.1 Å². The van der Waals surface area contributed by atoms with Crippen LogP contribution in [0.3, 0.4) is 0 Å². The Labute approximate surface area is 61.4 Å². The van der Waals surface area contributed by atoms with E-state index in [0.29, 0.717) is 19.0 Å². The monoisotopic (exact) mass is 146 g/mol. The molecule has 0 aromatic carbocycles. The molecule has 1 aliphatic heterocycles. The van der Waals surface area contributed by atoms with Crippen molar-refractivity contribution in [1.29, 1.82) is 0 Å². The Morgan fingerprint density at radius 2 is 2.30 bits per heavy atom. The number of rotatable bonds is 2. The molecule has 0 radical (unpaired) electrons. The number of alkyl halides is 1. The molecule has 0 saturated carbocycles. The fourth-order valence-electron chi connectivity index (χ4n) is 1.35. The van der Waals surface area contributed by atoms with E-state index in [1.165, 1.54) is 0 Å². The summed E-state index contributed by atoms with van der Waals surface area (Å²) < 4.78 is 12.5. The van der Waals surface area contributed by atoms with Crippen molar-refractivity contribution in [2.75, 3.05) is 27.2 Å². The molecule has 1 rings (SSSR count). The van der Waals surface area contributed by atoms with Crippen LogP contribution in [0.1, 0.15) is 6.42 Å². The van der Waals surface area contributed by atoms with Crippen LogP contribution in [0.4, 0.5) is 4.39 Å². The molecule has 1 fully saturated rings. The van der Waals surface area contributed by atoms with Crippen molar-refractivity contribution < 1.29 is 4.39 Å². The molecule has 2 nitrogen and oxygen atoms in total. The molecule has 2 atom stereocenters. The Morgan fingerprint density at radius 1 is 1.60 bits per heavy atom. The third-order valence-electron chi connectivity index (χ3n) is 1.75. The molecule has 0 spiro atoms. The predicted molar refractivity (Wildman–Crippen MR) is 39.9 cm³/mol. The SMILES string of the molecule is CN(C)C[C@H]1C[C@@H](F)CN1. The highest BCUT2D eigenvalue weighted by Gasteiger charge is 2.23. The van der Waals surface area contributed by atoms with Gasteiger partial charge in [0, 0.05) is 19.1 Å². The zero-order valence-corrected chi connectivity index (χ0v) is 6.60. The zero-order chi connectivity index (χ0) is 7.56. The van der Waals surface area contributed by atoms with E-state index < -0.39 is 6.17 Å². The maximum atomic E-state index is 12.5. The largest absolute Gasteiger partial charge is 0.310 e. The van der Waals surface area contributed by atoms with Crippen molar-refractivity contribution in [2.24, 2.45) is 0 Å². The first-order valence-electron chi connectivity index (χ1n) is 3.70. The number of halogens is 1. The Bertz CT molecular complexity index is 106. The van der Waals surface area contributed by atoms with Crippen LogP contribution in [-0.4, -0.2) is 44.3 Å². The topological polar surface area (TPSA) is 15.3 Å². The number of hydrogen-bond acceptors (Lipinski definition) is 2. The lowest BCUT2D eigenvalue weighted by atomic mass is 10.2. The Kier molecular flexibility index (Phi) is 2.63. The lowest BCUT2D eigenvalue weighted by Crippen LogP contribution is -2.33. The summed E-state index contributed by atoms with van der Waals surface area (Å²) in [5, 5.41) is 3.12. The standard InChI is InChI=1S/C7H15FN2/c1-10(2)5-7-3-6(8)4-9-7/h6-7,9H,3-5H2,1-2H3/t6-,7-/m1/s1. The van der Waals surface area contributed by atoms with E-state index >= 15 is 0 Å². The van der Waals surface area contributed by atoms with E-state index in [2.05, 4.69) is 10.2 Å². The van der Waals surface area contributed by atoms with Gasteiger partial charge in [0.2, 0.25) is 0 Å². The molecule has 0 bridgehead atoms. The van der Waals surface area contributed by atoms with Gasteiger partial charge >= 0.3 is 0 Å². The van der Waals surface area contributed by atoms with Crippen LogP contribution >= 0.6 is 0 Å². The highest BCUT2D eigenvalue weighted by Crippen LogP contribution is 2.09. The van der Waals surface area contributed by atoms with Crippen LogP contribution in [0, 0.1) is 0 Å². The maximum absolute atomic E-state index is 12.5. The molecular formula is C7H15FN2. The van der Waals surface area contributed by atoms with Crippen LogP contribution < -0.4 is 5.32 Å². The Morgan fingerprint density at radius 3 is 2.70 bits per heavy atom. The average Bonchev–Trinajstić information content (AvgIpc) is 2.13. The van der Waals surface area contributed by atoms with Gasteiger partial charge in [-0.1, -0.05) is 0 Å². The minimum Gasteiger partial charge on any atom is -0.310 e. The van der Waals surface area contributed by atoms with Crippen LogP contribution in [0.25, 0.3) is 0 Å². The van der Waals surface area contributed by atoms with Gasteiger partial charge in [-0.25, -0.2) is 4.39 Å². The Hall–Kier alpha value is -0.150. The molecule has 3 heteroatoms. The molecule has 0 aromatic rings. The van der Waals surface area contributed by atoms with Gasteiger partial charge in [-0.05, 0) is 20.5 Å². The molecule has 0 amide bonds. The third-order valence-corrected chi connectivity index (χ3v) is 1.75. The van der Waals surface area contributed by atoms with E-state index in [-0.39, 0.29) is 0 Å². The molecular weight excluding hydrogens is 131 g/mol. The molecule has 0 aromatic heterocycles. The molecule has 60 valence electrons. The van der Waals surface area contributed by atoms with E-state index in [4.69, 9.17) is 0 Å². The molecule has 10 heavy (non-hydrogen) atoms. The summed E-state index contributed by atoms with van der Waals surface area (Å²) in [6.45, 7) is 1.49. The molecule has 1 saturated heterocycles. The van der Waals surface area contributed by atoms with Gasteiger partial charge in [0.05, 0.1) is 0 Å². The minimum atomic E-state index is -0.620. The molecule has 1 N–H and O–H groups in total. The van der Waals surface area contributed by atoms with Gasteiger partial charge in [0.1, 0.15) is 6.17 Å². The Balaban J connectivity index is 2.18. The van der Waals surface area contributed by atoms with Crippen molar-refractivity contribution >= 4 is 0 Å². The highest BCUT2D eigenvalue weighted by molar-refractivity contribution is 4.82. The van der Waals surface area contributed by atoms with Crippen LogP contribution in [0.15, 0.2) is 0 Å². The fraction of sp³-hybridized carbons (Fsp3) is 1.00. The lowest BCUT2D eigenvalue weighted by Gasteiger charge is -2.15. The average molecular weight is 146 g/mol. The highest BCUT2D eigenvalue weighted by atomic mass is 19.1. The van der Waals surface area contributed by atoms with Gasteiger partial charge in [-0.2, -0.15) is 0 Å². The summed E-state index contributed by atoms with van der Waals surface area (Å²) in [7, 11) is 4.01. The van der Waals surface area contributed by atoms with E-state index in [0.717, 1.165) is 6.54 Å². The van der Waals surface area contributed by atoms with Crippen molar-refractivity contribution in [1.82, 2.24) is 10.2 Å². The summed E-state index contributed by atoms with van der Waals surface area (Å²) in [6.07, 6.45) is 0.0583. The number of hydrogen-bond donors (Lipinski definition) is 1. The van der Waals surface area contributed by atoms with Crippen molar-refractivity contribution in [3.05, 3.63) is 0 Å². The number of likely N-dealkylation sites (N-methyl/N-ethyl adjacent to an activating group) is 1. The lowest BCUT2D eigenvalue weighted by molar-refractivity contribution is 0.328. The second-order valence-corrected chi connectivity index (χ2v) is 3.20. The smallest absolute Gasteiger partial charge is 0.114 e. The first kappa shape index (κ1) is 7.95. The summed E-state index contributed by atoms with van der Waals surface area (Å²) in [5.74, 6) is 0. The van der Waals surface area contributed by atoms with Crippen molar-refractivity contribution in [3.8, 4) is 0 Å². The van der Waals surface area contributed by atoms with Crippen molar-refractivity contribution in [2.45, 2.75) is 18.6 Å². The summed E-state index contributed by atoms with van der Waals surface area (Å²) in [6, 6.07) is 0.366. The second kappa shape index (κ2) is 3.30.